The first-order valence-electron chi connectivity index (χ1n) is 6.58. The van der Waals surface area contributed by atoms with Crippen molar-refractivity contribution < 1.29 is 22.8 Å². The van der Waals surface area contributed by atoms with E-state index in [1.807, 2.05) is 0 Å². The highest BCUT2D eigenvalue weighted by Gasteiger charge is 2.31. The molecule has 1 aromatic heterocycles. The normalized spacial score (nSPS) is 18.4. The van der Waals surface area contributed by atoms with Crippen LogP contribution in [0, 0.1) is 0 Å². The molecular formula is C13H14ClF3N4O2. The quantitative estimate of drug-likeness (QED) is 0.653. The molecular weight excluding hydrogens is 337 g/mol. The Bertz CT molecular complexity index is 634. The Labute approximate surface area is 135 Å². The molecule has 0 aliphatic carbocycles. The highest BCUT2D eigenvalue weighted by Crippen LogP contribution is 2.32. The Balaban J connectivity index is 1.92. The highest BCUT2D eigenvalue weighted by molar-refractivity contribution is 6.41. The number of anilines is 1. The number of aromatic nitrogens is 1. The van der Waals surface area contributed by atoms with Crippen molar-refractivity contribution in [2.24, 2.45) is 10.3 Å². The van der Waals surface area contributed by atoms with Crippen LogP contribution in [0.25, 0.3) is 0 Å². The first kappa shape index (κ1) is 17.3. The molecule has 2 heterocycles. The Hall–Kier alpha value is -2.03. The molecule has 1 aliphatic rings. The van der Waals surface area contributed by atoms with Gasteiger partial charge in [0.25, 0.3) is 0 Å². The van der Waals surface area contributed by atoms with E-state index in [4.69, 9.17) is 16.4 Å². The monoisotopic (exact) mass is 350 g/mol. The summed E-state index contributed by atoms with van der Waals surface area (Å²) >= 11 is 5.81. The summed E-state index contributed by atoms with van der Waals surface area (Å²) in [7, 11) is 1.43. The molecule has 6 nitrogen and oxygen atoms in total. The van der Waals surface area contributed by atoms with E-state index in [0.717, 1.165) is 12.3 Å². The Morgan fingerprint density at radius 2 is 2.30 bits per heavy atom. The minimum absolute atomic E-state index is 0.115. The third kappa shape index (κ3) is 4.47. The lowest BCUT2D eigenvalue weighted by Gasteiger charge is -2.13. The number of pyridine rings is 1. The van der Waals surface area contributed by atoms with E-state index < -0.39 is 11.7 Å². The minimum Gasteiger partial charge on any atom is -0.399 e. The number of alkyl halides is 3. The molecule has 1 aliphatic heterocycles. The molecule has 0 aromatic carbocycles. The molecule has 0 fully saturated rings. The minimum atomic E-state index is -4.48. The maximum absolute atomic E-state index is 12.5. The molecule has 1 aromatic rings. The van der Waals surface area contributed by atoms with Gasteiger partial charge >= 0.3 is 6.18 Å². The zero-order chi connectivity index (χ0) is 17.0. The summed E-state index contributed by atoms with van der Waals surface area (Å²) in [6.07, 6.45) is -3.57. The van der Waals surface area contributed by atoms with Crippen LogP contribution in [-0.4, -0.2) is 36.2 Å². The van der Waals surface area contributed by atoms with Crippen LogP contribution in [0.4, 0.5) is 19.0 Å². The lowest BCUT2D eigenvalue weighted by molar-refractivity contribution is -0.137. The van der Waals surface area contributed by atoms with Crippen molar-refractivity contribution in [2.45, 2.75) is 25.6 Å². The smallest absolute Gasteiger partial charge is 0.399 e. The first-order valence-corrected chi connectivity index (χ1v) is 6.96. The average Bonchev–Trinajstić information content (AvgIpc) is 2.94. The molecule has 0 saturated carbocycles. The van der Waals surface area contributed by atoms with Gasteiger partial charge in [0.1, 0.15) is 30.5 Å². The van der Waals surface area contributed by atoms with Crippen LogP contribution < -0.4 is 5.32 Å². The number of halogens is 4. The van der Waals surface area contributed by atoms with Crippen molar-refractivity contribution in [3.05, 3.63) is 22.8 Å². The average molecular weight is 351 g/mol. The van der Waals surface area contributed by atoms with Crippen LogP contribution in [0.2, 0.25) is 5.02 Å². The molecule has 1 N–H and O–H groups in total. The summed E-state index contributed by atoms with van der Waals surface area (Å²) in [6.45, 7) is 2.02. The second-order valence-corrected chi connectivity index (χ2v) is 5.17. The third-order valence-corrected chi connectivity index (χ3v) is 3.33. The summed E-state index contributed by atoms with van der Waals surface area (Å²) in [5.41, 5.74) is 0.341. The summed E-state index contributed by atoms with van der Waals surface area (Å²) < 4.78 is 37.6. The van der Waals surface area contributed by atoms with Gasteiger partial charge in [-0.25, -0.2) is 4.98 Å². The molecule has 10 heteroatoms. The maximum Gasteiger partial charge on any atom is 0.417 e. The molecule has 23 heavy (non-hydrogen) atoms. The second-order valence-electron chi connectivity index (χ2n) is 4.76. The van der Waals surface area contributed by atoms with Crippen LogP contribution in [0.5, 0.6) is 0 Å². The lowest BCUT2D eigenvalue weighted by Crippen LogP contribution is -2.22. The lowest BCUT2D eigenvalue weighted by atomic mass is 10.1. The van der Waals surface area contributed by atoms with Crippen molar-refractivity contribution >= 4 is 28.8 Å². The van der Waals surface area contributed by atoms with Gasteiger partial charge < -0.3 is 15.0 Å². The van der Waals surface area contributed by atoms with E-state index in [0.29, 0.717) is 17.8 Å². The van der Waals surface area contributed by atoms with E-state index in [1.54, 1.807) is 6.92 Å². The molecule has 0 radical (unpaired) electrons. The number of rotatable bonds is 5. The topological polar surface area (TPSA) is 68.1 Å². The van der Waals surface area contributed by atoms with Crippen molar-refractivity contribution in [1.29, 1.82) is 0 Å². The van der Waals surface area contributed by atoms with E-state index in [-0.39, 0.29) is 23.5 Å². The van der Waals surface area contributed by atoms with Gasteiger partial charge in [0.2, 0.25) is 0 Å². The van der Waals surface area contributed by atoms with Gasteiger partial charge in [-0.1, -0.05) is 21.9 Å². The first-order chi connectivity index (χ1) is 10.8. The molecule has 1 unspecified atom stereocenters. The number of oxime groups is 2. The zero-order valence-electron chi connectivity index (χ0n) is 12.3. The van der Waals surface area contributed by atoms with E-state index in [1.165, 1.54) is 7.11 Å². The molecule has 0 bridgehead atoms. The fourth-order valence-electron chi connectivity index (χ4n) is 1.87. The summed E-state index contributed by atoms with van der Waals surface area (Å²) in [6, 6.07) is 0.823. The van der Waals surface area contributed by atoms with Gasteiger partial charge in [-0.15, -0.1) is 0 Å². The van der Waals surface area contributed by atoms with Crippen molar-refractivity contribution in [3.63, 3.8) is 0 Å². The molecule has 0 amide bonds. The number of nitrogens with one attached hydrogen (secondary N) is 1. The van der Waals surface area contributed by atoms with Crippen molar-refractivity contribution in [3.8, 4) is 0 Å². The van der Waals surface area contributed by atoms with Gasteiger partial charge in [0.05, 0.1) is 17.1 Å². The number of hydrogen-bond donors (Lipinski definition) is 1. The third-order valence-electron chi connectivity index (χ3n) is 3.04. The van der Waals surface area contributed by atoms with Crippen LogP contribution in [-0.2, 0) is 15.9 Å². The molecule has 0 spiro atoms. The Morgan fingerprint density at radius 3 is 2.91 bits per heavy atom. The number of hydrogen-bond acceptors (Lipinski definition) is 6. The predicted octanol–water partition coefficient (Wildman–Crippen LogP) is 3.33. The van der Waals surface area contributed by atoms with Crippen LogP contribution in [0.3, 0.4) is 0 Å². The Kier molecular flexibility index (Phi) is 5.30. The largest absolute Gasteiger partial charge is 0.417 e. The summed E-state index contributed by atoms with van der Waals surface area (Å²) in [5.74, 6) is 0.152. The Morgan fingerprint density at radius 1 is 1.57 bits per heavy atom. The second kappa shape index (κ2) is 7.03. The molecule has 2 rings (SSSR count). The summed E-state index contributed by atoms with van der Waals surface area (Å²) in [4.78, 5) is 13.6. The van der Waals surface area contributed by atoms with Crippen LogP contribution in [0.15, 0.2) is 22.6 Å². The van der Waals surface area contributed by atoms with Crippen molar-refractivity contribution in [1.82, 2.24) is 4.98 Å². The molecule has 1 atom stereocenters. The van der Waals surface area contributed by atoms with Crippen molar-refractivity contribution in [2.75, 3.05) is 19.0 Å². The van der Waals surface area contributed by atoms with E-state index in [2.05, 4.69) is 25.4 Å². The van der Waals surface area contributed by atoms with Gasteiger partial charge in [0.15, 0.2) is 0 Å². The van der Waals surface area contributed by atoms with E-state index >= 15 is 0 Å². The van der Waals surface area contributed by atoms with Crippen LogP contribution in [0.1, 0.15) is 18.9 Å². The standard InChI is InChI=1S/C13H14ClF3N4O2/c1-7(20-22-2)11-4-9(23-21-11)6-19-12-10(14)3-8(5-18-12)13(15,16)17/h3,5,9H,4,6H2,1-2H3,(H,18,19)/b20-7+. The van der Waals surface area contributed by atoms with Gasteiger partial charge in [0, 0.05) is 12.6 Å². The van der Waals surface area contributed by atoms with Gasteiger partial charge in [-0.3, -0.25) is 0 Å². The maximum atomic E-state index is 12.5. The predicted molar refractivity (Wildman–Crippen MR) is 79.8 cm³/mol. The van der Waals surface area contributed by atoms with E-state index in [9.17, 15) is 13.2 Å². The summed E-state index contributed by atoms with van der Waals surface area (Å²) in [5, 5.41) is 10.4. The highest BCUT2D eigenvalue weighted by atomic mass is 35.5. The molecule has 126 valence electrons. The zero-order valence-corrected chi connectivity index (χ0v) is 13.1. The fraction of sp³-hybridized carbons (Fsp3) is 0.462. The SMILES string of the molecule is CO/N=C(\C)C1=NOC(CNc2ncc(C(F)(F)F)cc2Cl)C1. The van der Waals surface area contributed by atoms with Gasteiger partial charge in [-0.05, 0) is 13.0 Å². The number of nitrogens with zero attached hydrogens (tertiary/aromatic N) is 3. The van der Waals surface area contributed by atoms with Gasteiger partial charge in [-0.2, -0.15) is 13.2 Å². The van der Waals surface area contributed by atoms with Crippen LogP contribution >= 0.6 is 11.6 Å². The fourth-order valence-corrected chi connectivity index (χ4v) is 2.11. The molecule has 0 saturated heterocycles.